The summed E-state index contributed by atoms with van der Waals surface area (Å²) in [5.41, 5.74) is 3.92. The topological polar surface area (TPSA) is 65.1 Å². The maximum atomic E-state index is 5.86. The molecular weight excluding hydrogens is 228 g/mol. The van der Waals surface area contributed by atoms with E-state index in [1.807, 2.05) is 31.0 Å². The molecule has 0 bridgehead atoms. The first-order valence-corrected chi connectivity index (χ1v) is 6.63. The van der Waals surface area contributed by atoms with E-state index in [1.165, 1.54) is 5.56 Å². The van der Waals surface area contributed by atoms with Gasteiger partial charge in [-0.3, -0.25) is 16.0 Å². The highest BCUT2D eigenvalue weighted by Crippen LogP contribution is 2.23. The van der Waals surface area contributed by atoms with E-state index >= 15 is 0 Å². The van der Waals surface area contributed by atoms with Crippen LogP contribution in [0.4, 0.5) is 0 Å². The number of hydrazine groups is 1. The molecule has 1 aromatic heterocycles. The van der Waals surface area contributed by atoms with E-state index in [1.54, 1.807) is 0 Å². The number of rotatable bonds is 8. The molecule has 0 fully saturated rings. The molecule has 0 amide bonds. The number of hydrogen-bond donors (Lipinski definition) is 2. The third-order valence-corrected chi connectivity index (χ3v) is 3.59. The van der Waals surface area contributed by atoms with Crippen LogP contribution >= 0.6 is 0 Å². The molecule has 1 heterocycles. The second kappa shape index (κ2) is 6.87. The molecule has 104 valence electrons. The van der Waals surface area contributed by atoms with E-state index in [2.05, 4.69) is 24.4 Å². The molecule has 0 radical (unpaired) electrons. The molecule has 0 aliphatic carbocycles. The van der Waals surface area contributed by atoms with E-state index in [4.69, 9.17) is 10.6 Å². The quantitative estimate of drug-likeness (QED) is 0.543. The standard InChI is InChI=1S/C13H26N4O/c1-5-13(3,18-6-2)12(16-14)8-7-11-9-15-17(4)10-11/h9-10,12,16H,5-8,14H2,1-4H3. The summed E-state index contributed by atoms with van der Waals surface area (Å²) in [6.45, 7) is 6.96. The van der Waals surface area contributed by atoms with Crippen molar-refractivity contribution in [3.63, 3.8) is 0 Å². The number of aryl methyl sites for hydroxylation is 2. The Kier molecular flexibility index (Phi) is 5.78. The first-order valence-electron chi connectivity index (χ1n) is 6.63. The van der Waals surface area contributed by atoms with Crippen LogP contribution in [0.1, 0.15) is 39.2 Å². The number of hydrogen-bond acceptors (Lipinski definition) is 4. The zero-order chi connectivity index (χ0) is 13.6. The summed E-state index contributed by atoms with van der Waals surface area (Å²) in [6, 6.07) is 0.141. The monoisotopic (exact) mass is 254 g/mol. The van der Waals surface area contributed by atoms with Gasteiger partial charge in [0.1, 0.15) is 0 Å². The van der Waals surface area contributed by atoms with Gasteiger partial charge in [0.15, 0.2) is 0 Å². The van der Waals surface area contributed by atoms with Gasteiger partial charge in [0.25, 0.3) is 0 Å². The summed E-state index contributed by atoms with van der Waals surface area (Å²) in [7, 11) is 1.93. The van der Waals surface area contributed by atoms with Crippen LogP contribution in [0.25, 0.3) is 0 Å². The minimum Gasteiger partial charge on any atom is -0.374 e. The van der Waals surface area contributed by atoms with Gasteiger partial charge in [0.05, 0.1) is 17.8 Å². The Morgan fingerprint density at radius 1 is 1.56 bits per heavy atom. The van der Waals surface area contributed by atoms with Crippen LogP contribution in [0.15, 0.2) is 12.4 Å². The van der Waals surface area contributed by atoms with Gasteiger partial charge in [-0.1, -0.05) is 6.92 Å². The van der Waals surface area contributed by atoms with Gasteiger partial charge >= 0.3 is 0 Å². The Balaban J connectivity index is 2.60. The minimum absolute atomic E-state index is 0.141. The third-order valence-electron chi connectivity index (χ3n) is 3.59. The van der Waals surface area contributed by atoms with Crippen molar-refractivity contribution in [3.05, 3.63) is 18.0 Å². The number of nitrogens with zero attached hydrogens (tertiary/aromatic N) is 2. The molecule has 5 heteroatoms. The first kappa shape index (κ1) is 15.1. The van der Waals surface area contributed by atoms with Crippen molar-refractivity contribution < 1.29 is 4.74 Å². The van der Waals surface area contributed by atoms with Crippen LogP contribution in [0.5, 0.6) is 0 Å². The van der Waals surface area contributed by atoms with Crippen LogP contribution in [0.2, 0.25) is 0 Å². The van der Waals surface area contributed by atoms with Crippen molar-refractivity contribution in [2.24, 2.45) is 12.9 Å². The van der Waals surface area contributed by atoms with Crippen LogP contribution in [0, 0.1) is 0 Å². The largest absolute Gasteiger partial charge is 0.374 e. The highest BCUT2D eigenvalue weighted by atomic mass is 16.5. The Morgan fingerprint density at radius 2 is 2.28 bits per heavy atom. The second-order valence-electron chi connectivity index (χ2n) is 4.88. The fourth-order valence-electron chi connectivity index (χ4n) is 2.26. The van der Waals surface area contributed by atoms with Crippen molar-refractivity contribution >= 4 is 0 Å². The summed E-state index contributed by atoms with van der Waals surface area (Å²) >= 11 is 0. The maximum absolute atomic E-state index is 5.86. The molecule has 0 aliphatic rings. The molecular formula is C13H26N4O. The summed E-state index contributed by atoms with van der Waals surface area (Å²) in [5.74, 6) is 5.68. The van der Waals surface area contributed by atoms with E-state index < -0.39 is 0 Å². The number of ether oxygens (including phenoxy) is 1. The summed E-state index contributed by atoms with van der Waals surface area (Å²) in [5, 5.41) is 4.17. The minimum atomic E-state index is -0.217. The van der Waals surface area contributed by atoms with Gasteiger partial charge in [0.2, 0.25) is 0 Å². The van der Waals surface area contributed by atoms with E-state index in [9.17, 15) is 0 Å². The van der Waals surface area contributed by atoms with Gasteiger partial charge in [0, 0.05) is 19.9 Å². The fourth-order valence-corrected chi connectivity index (χ4v) is 2.26. The van der Waals surface area contributed by atoms with Crippen LogP contribution < -0.4 is 11.3 Å². The van der Waals surface area contributed by atoms with Gasteiger partial charge in [-0.2, -0.15) is 5.10 Å². The Morgan fingerprint density at radius 3 is 2.72 bits per heavy atom. The molecule has 0 saturated carbocycles. The number of nitrogens with two attached hydrogens (primary N) is 1. The van der Waals surface area contributed by atoms with E-state index in [0.29, 0.717) is 6.61 Å². The van der Waals surface area contributed by atoms with Crippen molar-refractivity contribution in [1.82, 2.24) is 15.2 Å². The zero-order valence-electron chi connectivity index (χ0n) is 11.9. The second-order valence-corrected chi connectivity index (χ2v) is 4.88. The molecule has 3 N–H and O–H groups in total. The molecule has 18 heavy (non-hydrogen) atoms. The predicted octanol–water partition coefficient (Wildman–Crippen LogP) is 1.39. The van der Waals surface area contributed by atoms with Crippen LogP contribution in [0.3, 0.4) is 0 Å². The van der Waals surface area contributed by atoms with Crippen molar-refractivity contribution in [1.29, 1.82) is 0 Å². The molecule has 0 aliphatic heterocycles. The molecule has 0 aromatic carbocycles. The van der Waals surface area contributed by atoms with Crippen LogP contribution in [-0.2, 0) is 18.2 Å². The Hall–Kier alpha value is -0.910. The summed E-state index contributed by atoms with van der Waals surface area (Å²) in [6.07, 6.45) is 6.76. The normalized spacial score (nSPS) is 16.5. The summed E-state index contributed by atoms with van der Waals surface area (Å²) < 4.78 is 7.68. The highest BCUT2D eigenvalue weighted by molar-refractivity contribution is 5.05. The average Bonchev–Trinajstić information content (AvgIpc) is 2.76. The van der Waals surface area contributed by atoms with Gasteiger partial charge in [-0.15, -0.1) is 0 Å². The Labute approximate surface area is 110 Å². The Bertz CT molecular complexity index is 353. The van der Waals surface area contributed by atoms with Gasteiger partial charge in [-0.25, -0.2) is 0 Å². The number of nitrogens with one attached hydrogen (secondary N) is 1. The van der Waals surface area contributed by atoms with E-state index in [0.717, 1.165) is 19.3 Å². The van der Waals surface area contributed by atoms with E-state index in [-0.39, 0.29) is 11.6 Å². The van der Waals surface area contributed by atoms with Gasteiger partial charge in [-0.05, 0) is 38.7 Å². The maximum Gasteiger partial charge on any atom is 0.0817 e. The predicted molar refractivity (Wildman–Crippen MR) is 73.0 cm³/mol. The first-order chi connectivity index (χ1) is 8.55. The van der Waals surface area contributed by atoms with Crippen molar-refractivity contribution in [2.75, 3.05) is 6.61 Å². The lowest BCUT2D eigenvalue weighted by Gasteiger charge is -2.36. The van der Waals surface area contributed by atoms with Crippen LogP contribution in [-0.4, -0.2) is 28.0 Å². The lowest BCUT2D eigenvalue weighted by atomic mass is 9.89. The molecule has 1 aromatic rings. The summed E-state index contributed by atoms with van der Waals surface area (Å²) in [4.78, 5) is 0. The SMILES string of the molecule is CCOC(C)(CC)C(CCc1cnn(C)c1)NN. The fraction of sp³-hybridized carbons (Fsp3) is 0.769. The molecule has 5 nitrogen and oxygen atoms in total. The molecule has 2 atom stereocenters. The van der Waals surface area contributed by atoms with Crippen molar-refractivity contribution in [2.45, 2.75) is 51.7 Å². The zero-order valence-corrected chi connectivity index (χ0v) is 11.9. The van der Waals surface area contributed by atoms with Gasteiger partial charge < -0.3 is 4.74 Å². The average molecular weight is 254 g/mol. The van der Waals surface area contributed by atoms with Crippen molar-refractivity contribution in [3.8, 4) is 0 Å². The third kappa shape index (κ3) is 3.80. The number of aromatic nitrogens is 2. The molecule has 2 unspecified atom stereocenters. The molecule has 1 rings (SSSR count). The molecule has 0 saturated heterocycles. The highest BCUT2D eigenvalue weighted by Gasteiger charge is 2.32. The smallest absolute Gasteiger partial charge is 0.0817 e. The lowest BCUT2D eigenvalue weighted by Crippen LogP contribution is -2.53. The lowest BCUT2D eigenvalue weighted by molar-refractivity contribution is -0.0569. The molecule has 0 spiro atoms.